The van der Waals surface area contributed by atoms with Crippen molar-refractivity contribution in [2.45, 2.75) is 32.2 Å². The van der Waals surface area contributed by atoms with E-state index >= 15 is 0 Å². The van der Waals surface area contributed by atoms with Gasteiger partial charge in [-0.25, -0.2) is 0 Å². The first-order valence-electron chi connectivity index (χ1n) is 8.41. The van der Waals surface area contributed by atoms with Crippen molar-refractivity contribution in [1.29, 1.82) is 0 Å². The molecule has 1 amide bonds. The molecule has 1 aliphatic heterocycles. The number of thiophene rings is 1. The van der Waals surface area contributed by atoms with E-state index in [-0.39, 0.29) is 11.9 Å². The zero-order chi connectivity index (χ0) is 17.4. The Labute approximate surface area is 149 Å². The van der Waals surface area contributed by atoms with E-state index in [1.165, 1.54) is 0 Å². The molecule has 25 heavy (non-hydrogen) atoms. The zero-order valence-corrected chi connectivity index (χ0v) is 15.0. The molecule has 4 rings (SSSR count). The van der Waals surface area contributed by atoms with Gasteiger partial charge < -0.3 is 9.47 Å². The Morgan fingerprint density at radius 1 is 1.44 bits per heavy atom. The summed E-state index contributed by atoms with van der Waals surface area (Å²) in [5, 5.41) is 17.4. The molecule has 3 aromatic rings. The van der Waals surface area contributed by atoms with E-state index in [4.69, 9.17) is 0 Å². The molecule has 0 spiro atoms. The molecular weight excluding hydrogens is 336 g/mol. The van der Waals surface area contributed by atoms with Crippen molar-refractivity contribution in [1.82, 2.24) is 29.9 Å². The normalized spacial score (nSPS) is 17.6. The van der Waals surface area contributed by atoms with Crippen LogP contribution in [0.5, 0.6) is 0 Å². The fraction of sp³-hybridized carbons (Fsp3) is 0.412. The number of nitrogens with one attached hydrogen (secondary N) is 1. The molecule has 0 aromatic carbocycles. The van der Waals surface area contributed by atoms with E-state index in [1.807, 2.05) is 28.5 Å². The van der Waals surface area contributed by atoms with Gasteiger partial charge in [0.05, 0.1) is 16.6 Å². The number of hydrogen-bond donors (Lipinski definition) is 1. The maximum Gasteiger partial charge on any atom is 0.274 e. The number of carbonyl (C=O) groups excluding carboxylic acids is 1. The van der Waals surface area contributed by atoms with Crippen molar-refractivity contribution < 1.29 is 4.79 Å². The number of amides is 1. The minimum atomic E-state index is -0.0271. The summed E-state index contributed by atoms with van der Waals surface area (Å²) in [5.74, 6) is 1.26. The van der Waals surface area contributed by atoms with E-state index in [0.29, 0.717) is 18.2 Å². The van der Waals surface area contributed by atoms with Crippen molar-refractivity contribution in [3.63, 3.8) is 0 Å². The largest absolute Gasteiger partial charge is 0.335 e. The molecule has 0 bridgehead atoms. The van der Waals surface area contributed by atoms with Crippen LogP contribution in [-0.4, -0.2) is 48.9 Å². The van der Waals surface area contributed by atoms with Crippen molar-refractivity contribution >= 4 is 17.2 Å². The van der Waals surface area contributed by atoms with E-state index < -0.39 is 0 Å². The maximum atomic E-state index is 12.8. The summed E-state index contributed by atoms with van der Waals surface area (Å²) in [6.45, 7) is 5.60. The Morgan fingerprint density at radius 2 is 2.32 bits per heavy atom. The number of H-pyrrole nitrogens is 1. The number of aromatic nitrogens is 5. The summed E-state index contributed by atoms with van der Waals surface area (Å²) >= 11 is 1.62. The predicted octanol–water partition coefficient (Wildman–Crippen LogP) is 2.94. The Balaban J connectivity index is 1.48. The number of aromatic amines is 1. The quantitative estimate of drug-likeness (QED) is 0.779. The van der Waals surface area contributed by atoms with Crippen LogP contribution in [0.25, 0.3) is 10.6 Å². The lowest BCUT2D eigenvalue weighted by atomic mass is 10.2. The van der Waals surface area contributed by atoms with Gasteiger partial charge in [-0.2, -0.15) is 5.10 Å². The zero-order valence-electron chi connectivity index (χ0n) is 14.2. The van der Waals surface area contributed by atoms with Crippen molar-refractivity contribution in [2.24, 2.45) is 0 Å². The summed E-state index contributed by atoms with van der Waals surface area (Å²) in [7, 11) is 0. The first kappa shape index (κ1) is 16.0. The van der Waals surface area contributed by atoms with Crippen molar-refractivity contribution in [2.75, 3.05) is 13.1 Å². The number of rotatable bonds is 4. The molecule has 0 saturated carbocycles. The number of hydrogen-bond acceptors (Lipinski definition) is 5. The van der Waals surface area contributed by atoms with Gasteiger partial charge in [-0.3, -0.25) is 9.89 Å². The molecule has 0 unspecified atom stereocenters. The number of carbonyl (C=O) groups is 1. The van der Waals surface area contributed by atoms with Crippen molar-refractivity contribution in [3.8, 4) is 10.6 Å². The Kier molecular flexibility index (Phi) is 4.12. The lowest BCUT2D eigenvalue weighted by Gasteiger charge is -2.17. The lowest BCUT2D eigenvalue weighted by molar-refractivity contribution is 0.0781. The maximum absolute atomic E-state index is 12.8. The van der Waals surface area contributed by atoms with Crippen LogP contribution in [0.3, 0.4) is 0 Å². The van der Waals surface area contributed by atoms with Crippen LogP contribution in [-0.2, 0) is 0 Å². The minimum absolute atomic E-state index is 0.0271. The molecule has 0 aliphatic carbocycles. The van der Waals surface area contributed by atoms with Gasteiger partial charge in [-0.05, 0) is 23.9 Å². The summed E-state index contributed by atoms with van der Waals surface area (Å²) in [5.41, 5.74) is 1.35. The summed E-state index contributed by atoms with van der Waals surface area (Å²) in [6, 6.07) is 6.06. The number of likely N-dealkylation sites (tertiary alicyclic amines) is 1. The third-order valence-corrected chi connectivity index (χ3v) is 5.45. The minimum Gasteiger partial charge on any atom is -0.335 e. The van der Waals surface area contributed by atoms with Crippen LogP contribution < -0.4 is 0 Å². The van der Waals surface area contributed by atoms with Crippen LogP contribution in [0, 0.1) is 0 Å². The van der Waals surface area contributed by atoms with Gasteiger partial charge in [-0.15, -0.1) is 21.5 Å². The average Bonchev–Trinajstić information content (AvgIpc) is 3.41. The second kappa shape index (κ2) is 6.44. The standard InChI is InChI=1S/C17H20N6OS/c1-11(2)16-21-18-10-23(16)12-5-6-22(9-12)17(24)14-8-13(19-20-14)15-4-3-7-25-15/h3-4,7-8,10-12H,5-6,9H2,1-2H3,(H,19,20)/t12-/m1/s1. The Hall–Kier alpha value is -2.48. The van der Waals surface area contributed by atoms with Gasteiger partial charge >= 0.3 is 0 Å². The van der Waals surface area contributed by atoms with E-state index in [0.717, 1.165) is 29.4 Å². The molecule has 1 N–H and O–H groups in total. The smallest absolute Gasteiger partial charge is 0.274 e. The topological polar surface area (TPSA) is 79.7 Å². The average molecular weight is 356 g/mol. The van der Waals surface area contributed by atoms with Crippen LogP contribution in [0.1, 0.15) is 48.5 Å². The first-order chi connectivity index (χ1) is 12.1. The highest BCUT2D eigenvalue weighted by atomic mass is 32.1. The SMILES string of the molecule is CC(C)c1nncn1[C@@H]1CCN(C(=O)c2cc(-c3cccs3)[nH]n2)C1. The summed E-state index contributed by atoms with van der Waals surface area (Å²) < 4.78 is 2.11. The summed E-state index contributed by atoms with van der Waals surface area (Å²) in [6.07, 6.45) is 2.68. The van der Waals surface area contributed by atoms with Gasteiger partial charge in [0.2, 0.25) is 0 Å². The van der Waals surface area contributed by atoms with Crippen LogP contribution in [0.15, 0.2) is 29.9 Å². The van der Waals surface area contributed by atoms with Gasteiger partial charge in [0, 0.05) is 19.0 Å². The van der Waals surface area contributed by atoms with Crippen LogP contribution >= 0.6 is 11.3 Å². The monoisotopic (exact) mass is 356 g/mol. The van der Waals surface area contributed by atoms with E-state index in [9.17, 15) is 4.79 Å². The second-order valence-electron chi connectivity index (χ2n) is 6.59. The van der Waals surface area contributed by atoms with Crippen LogP contribution in [0.4, 0.5) is 0 Å². The van der Waals surface area contributed by atoms with E-state index in [1.54, 1.807) is 17.7 Å². The molecular formula is C17H20N6OS. The highest BCUT2D eigenvalue weighted by Crippen LogP contribution is 2.27. The number of nitrogens with zero attached hydrogens (tertiary/aromatic N) is 5. The molecule has 130 valence electrons. The third kappa shape index (κ3) is 2.97. The molecule has 1 saturated heterocycles. The van der Waals surface area contributed by atoms with Gasteiger partial charge in [0.15, 0.2) is 5.69 Å². The Morgan fingerprint density at radius 3 is 3.08 bits per heavy atom. The fourth-order valence-electron chi connectivity index (χ4n) is 3.25. The predicted molar refractivity (Wildman–Crippen MR) is 95.6 cm³/mol. The second-order valence-corrected chi connectivity index (χ2v) is 7.54. The van der Waals surface area contributed by atoms with Gasteiger partial charge in [-0.1, -0.05) is 19.9 Å². The molecule has 7 nitrogen and oxygen atoms in total. The van der Waals surface area contributed by atoms with Crippen molar-refractivity contribution in [3.05, 3.63) is 41.4 Å². The van der Waals surface area contributed by atoms with Gasteiger partial charge in [0.1, 0.15) is 12.2 Å². The lowest BCUT2D eigenvalue weighted by Crippen LogP contribution is -2.29. The van der Waals surface area contributed by atoms with E-state index in [2.05, 4.69) is 38.8 Å². The molecule has 0 radical (unpaired) electrons. The molecule has 1 atom stereocenters. The highest BCUT2D eigenvalue weighted by molar-refractivity contribution is 7.13. The fourth-order valence-corrected chi connectivity index (χ4v) is 3.94. The molecule has 3 aromatic heterocycles. The Bertz CT molecular complexity index is 865. The molecule has 8 heteroatoms. The summed E-state index contributed by atoms with van der Waals surface area (Å²) in [4.78, 5) is 15.7. The third-order valence-electron chi connectivity index (χ3n) is 4.54. The van der Waals surface area contributed by atoms with Crippen LogP contribution in [0.2, 0.25) is 0 Å². The molecule has 1 fully saturated rings. The molecule has 4 heterocycles. The first-order valence-corrected chi connectivity index (χ1v) is 9.29. The van der Waals surface area contributed by atoms with Gasteiger partial charge in [0.25, 0.3) is 5.91 Å². The molecule has 1 aliphatic rings. The highest BCUT2D eigenvalue weighted by Gasteiger charge is 2.30.